The largest absolute Gasteiger partial charge is 0.352 e. The van der Waals surface area contributed by atoms with Crippen LogP contribution in [0.25, 0.3) is 16.9 Å². The van der Waals surface area contributed by atoms with Crippen LogP contribution in [0.1, 0.15) is 12.5 Å². The van der Waals surface area contributed by atoms with Crippen molar-refractivity contribution in [3.8, 4) is 16.9 Å². The lowest BCUT2D eigenvalue weighted by atomic mass is 10.1. The zero-order valence-corrected chi connectivity index (χ0v) is 17.3. The molecule has 30 heavy (non-hydrogen) atoms. The summed E-state index contributed by atoms with van der Waals surface area (Å²) in [6.07, 6.45) is 5.24. The molecule has 0 spiro atoms. The Balaban J connectivity index is 1.52. The Morgan fingerprint density at radius 2 is 1.77 bits per heavy atom. The molecule has 2 aromatic heterocycles. The number of benzene rings is 2. The van der Waals surface area contributed by atoms with Crippen molar-refractivity contribution in [2.75, 3.05) is 0 Å². The van der Waals surface area contributed by atoms with Crippen molar-refractivity contribution in [1.29, 1.82) is 0 Å². The van der Waals surface area contributed by atoms with Gasteiger partial charge in [0.2, 0.25) is 5.91 Å². The second-order valence-electron chi connectivity index (χ2n) is 7.15. The van der Waals surface area contributed by atoms with Crippen molar-refractivity contribution in [3.05, 3.63) is 89.8 Å². The molecule has 0 saturated heterocycles. The Morgan fingerprint density at radius 1 is 1.07 bits per heavy atom. The van der Waals surface area contributed by atoms with Crippen molar-refractivity contribution in [2.45, 2.75) is 20.0 Å². The Kier molecular flexibility index (Phi) is 5.95. The fraction of sp³-hybridized carbons (Fsp3) is 0.174. The maximum absolute atomic E-state index is 12.6. The van der Waals surface area contributed by atoms with Crippen molar-refractivity contribution in [1.82, 2.24) is 24.9 Å². The molecule has 1 atom stereocenters. The van der Waals surface area contributed by atoms with E-state index in [1.165, 1.54) is 0 Å². The number of nitrogens with zero attached hydrogens (tertiary/aromatic N) is 4. The van der Waals surface area contributed by atoms with Crippen LogP contribution >= 0.6 is 11.6 Å². The minimum Gasteiger partial charge on any atom is -0.352 e. The molecule has 7 heteroatoms. The van der Waals surface area contributed by atoms with Crippen molar-refractivity contribution in [3.63, 3.8) is 0 Å². The van der Waals surface area contributed by atoms with Crippen LogP contribution in [0.15, 0.2) is 79.3 Å². The Labute approximate surface area is 180 Å². The Morgan fingerprint density at radius 3 is 2.43 bits per heavy atom. The molecule has 4 aromatic rings. The summed E-state index contributed by atoms with van der Waals surface area (Å²) in [5.74, 6) is -0.293. The van der Waals surface area contributed by atoms with Gasteiger partial charge >= 0.3 is 0 Å². The van der Waals surface area contributed by atoms with E-state index >= 15 is 0 Å². The third-order valence-electron chi connectivity index (χ3n) is 4.82. The smallest absolute Gasteiger partial charge is 0.224 e. The highest BCUT2D eigenvalue weighted by molar-refractivity contribution is 6.30. The molecule has 2 aromatic carbocycles. The van der Waals surface area contributed by atoms with E-state index in [4.69, 9.17) is 16.7 Å². The average Bonchev–Trinajstić information content (AvgIpc) is 3.39. The Hall–Kier alpha value is -3.38. The first-order chi connectivity index (χ1) is 14.6. The van der Waals surface area contributed by atoms with E-state index in [1.54, 1.807) is 17.1 Å². The summed E-state index contributed by atoms with van der Waals surface area (Å²) < 4.78 is 3.52. The van der Waals surface area contributed by atoms with Gasteiger partial charge in [-0.05, 0) is 12.1 Å². The summed E-state index contributed by atoms with van der Waals surface area (Å²) in [5, 5.41) is 12.5. The van der Waals surface area contributed by atoms with Crippen LogP contribution in [0.4, 0.5) is 0 Å². The van der Waals surface area contributed by atoms with E-state index in [1.807, 2.05) is 78.5 Å². The fourth-order valence-corrected chi connectivity index (χ4v) is 3.41. The number of aromatic nitrogens is 4. The van der Waals surface area contributed by atoms with E-state index in [2.05, 4.69) is 10.4 Å². The third-order valence-corrected chi connectivity index (χ3v) is 5.02. The molecule has 0 fully saturated rings. The van der Waals surface area contributed by atoms with E-state index in [0.29, 0.717) is 18.1 Å². The number of para-hydroxylation sites is 1. The van der Waals surface area contributed by atoms with Crippen LogP contribution in [0, 0.1) is 5.92 Å². The highest BCUT2D eigenvalue weighted by Gasteiger charge is 2.17. The lowest BCUT2D eigenvalue weighted by Gasteiger charge is -2.12. The molecule has 0 aliphatic carbocycles. The first-order valence-corrected chi connectivity index (χ1v) is 10.1. The number of hydrogen-bond donors (Lipinski definition) is 1. The van der Waals surface area contributed by atoms with E-state index in [0.717, 1.165) is 22.5 Å². The fourth-order valence-electron chi connectivity index (χ4n) is 3.25. The third kappa shape index (κ3) is 4.60. The summed E-state index contributed by atoms with van der Waals surface area (Å²) in [7, 11) is 0. The summed E-state index contributed by atoms with van der Waals surface area (Å²) >= 11 is 5.90. The number of amides is 1. The summed E-state index contributed by atoms with van der Waals surface area (Å²) in [6.45, 7) is 2.73. The van der Waals surface area contributed by atoms with Crippen molar-refractivity contribution >= 4 is 17.5 Å². The molecule has 1 amide bonds. The minimum absolute atomic E-state index is 0.0481. The molecule has 0 bridgehead atoms. The Bertz CT molecular complexity index is 1120. The molecule has 0 radical (unpaired) electrons. The molecule has 2 heterocycles. The number of carbonyl (C=O) groups excluding carboxylic acids is 1. The topological polar surface area (TPSA) is 64.7 Å². The molecule has 6 nitrogen and oxygen atoms in total. The van der Waals surface area contributed by atoms with Gasteiger partial charge in [-0.1, -0.05) is 67.1 Å². The van der Waals surface area contributed by atoms with Crippen LogP contribution in [-0.4, -0.2) is 25.5 Å². The molecular weight excluding hydrogens is 398 g/mol. The number of hydrogen-bond acceptors (Lipinski definition) is 3. The van der Waals surface area contributed by atoms with Crippen molar-refractivity contribution in [2.24, 2.45) is 5.92 Å². The predicted octanol–water partition coefficient (Wildman–Crippen LogP) is 4.34. The lowest BCUT2D eigenvalue weighted by Crippen LogP contribution is -2.31. The molecular formula is C23H22ClN5O. The van der Waals surface area contributed by atoms with Gasteiger partial charge in [0.15, 0.2) is 0 Å². The zero-order valence-electron chi connectivity index (χ0n) is 16.6. The maximum atomic E-state index is 12.6. The first kappa shape index (κ1) is 19.9. The van der Waals surface area contributed by atoms with E-state index < -0.39 is 0 Å². The first-order valence-electron chi connectivity index (χ1n) is 9.75. The van der Waals surface area contributed by atoms with Crippen LogP contribution in [0.5, 0.6) is 0 Å². The summed E-state index contributed by atoms with van der Waals surface area (Å²) in [6, 6.07) is 19.9. The molecule has 0 aliphatic heterocycles. The molecule has 1 unspecified atom stereocenters. The van der Waals surface area contributed by atoms with Crippen LogP contribution < -0.4 is 5.32 Å². The van der Waals surface area contributed by atoms with Crippen molar-refractivity contribution < 1.29 is 4.79 Å². The lowest BCUT2D eigenvalue weighted by molar-refractivity contribution is -0.125. The highest BCUT2D eigenvalue weighted by atomic mass is 35.5. The predicted molar refractivity (Wildman–Crippen MR) is 117 cm³/mol. The number of nitrogens with one attached hydrogen (secondary N) is 1. The molecule has 0 aliphatic rings. The standard InChI is InChI=1S/C23H22ClN5O/c1-17(14-28-16-20(24)13-26-28)23(30)25-12-19-15-29(21-10-6-3-7-11-21)27-22(19)18-8-4-2-5-9-18/h2-11,13,15-17H,12,14H2,1H3,(H,25,30). The quantitative estimate of drug-likeness (QED) is 0.484. The second-order valence-corrected chi connectivity index (χ2v) is 7.58. The molecule has 0 saturated carbocycles. The van der Waals surface area contributed by atoms with E-state index in [9.17, 15) is 4.79 Å². The van der Waals surface area contributed by atoms with Gasteiger partial charge in [0.1, 0.15) is 0 Å². The molecule has 4 rings (SSSR count). The van der Waals surface area contributed by atoms with Gasteiger partial charge in [0, 0.05) is 30.1 Å². The van der Waals surface area contributed by atoms with Gasteiger partial charge < -0.3 is 5.32 Å². The number of halogens is 1. The van der Waals surface area contributed by atoms with Gasteiger partial charge in [-0.2, -0.15) is 10.2 Å². The second kappa shape index (κ2) is 8.97. The van der Waals surface area contributed by atoms with Gasteiger partial charge in [-0.15, -0.1) is 0 Å². The monoisotopic (exact) mass is 419 g/mol. The minimum atomic E-state index is -0.245. The SMILES string of the molecule is CC(Cn1cc(Cl)cn1)C(=O)NCc1cn(-c2ccccc2)nc1-c1ccccc1. The van der Waals surface area contributed by atoms with E-state index in [-0.39, 0.29) is 11.8 Å². The van der Waals surface area contributed by atoms with Gasteiger partial charge in [0.25, 0.3) is 0 Å². The average molecular weight is 420 g/mol. The summed E-state index contributed by atoms with van der Waals surface area (Å²) in [5.41, 5.74) is 3.78. The summed E-state index contributed by atoms with van der Waals surface area (Å²) in [4.78, 5) is 12.6. The van der Waals surface area contributed by atoms with Crippen LogP contribution in [-0.2, 0) is 17.9 Å². The van der Waals surface area contributed by atoms with Gasteiger partial charge in [0.05, 0.1) is 35.1 Å². The molecule has 1 N–H and O–H groups in total. The van der Waals surface area contributed by atoms with Gasteiger partial charge in [-0.25, -0.2) is 4.68 Å². The maximum Gasteiger partial charge on any atom is 0.224 e. The highest BCUT2D eigenvalue weighted by Crippen LogP contribution is 2.23. The number of rotatable bonds is 7. The van der Waals surface area contributed by atoms with Crippen LogP contribution in [0.3, 0.4) is 0 Å². The number of carbonyl (C=O) groups is 1. The molecule has 152 valence electrons. The van der Waals surface area contributed by atoms with Crippen LogP contribution in [0.2, 0.25) is 5.02 Å². The van der Waals surface area contributed by atoms with Gasteiger partial charge in [-0.3, -0.25) is 9.48 Å². The normalized spacial score (nSPS) is 11.9. The zero-order chi connectivity index (χ0) is 20.9.